The third kappa shape index (κ3) is 1.48. The quantitative estimate of drug-likeness (QED) is 0.623. The molecule has 3 rings (SSSR count). The van der Waals surface area contributed by atoms with E-state index in [2.05, 4.69) is 36.0 Å². The minimum atomic E-state index is 0. The van der Waals surface area contributed by atoms with Gasteiger partial charge in [-0.1, -0.05) is 13.5 Å². The molecule has 0 radical (unpaired) electrons. The van der Waals surface area contributed by atoms with Gasteiger partial charge in [0.1, 0.15) is 10.7 Å². The van der Waals surface area contributed by atoms with Crippen LogP contribution in [0.1, 0.15) is 29.1 Å². The molecule has 0 fully saturated rings. The Morgan fingerprint density at radius 3 is 2.62 bits per heavy atom. The van der Waals surface area contributed by atoms with Crippen LogP contribution in [0.15, 0.2) is 28.7 Å². The average molecular weight is 230 g/mol. The van der Waals surface area contributed by atoms with Crippen LogP contribution >= 0.6 is 11.3 Å². The van der Waals surface area contributed by atoms with Crippen molar-refractivity contribution in [1.29, 1.82) is 0 Å². The smallest absolute Gasteiger partial charge is 0.142 e. The highest BCUT2D eigenvalue weighted by atomic mass is 32.1. The molecule has 1 aliphatic rings. The van der Waals surface area contributed by atoms with Crippen LogP contribution in [0.5, 0.6) is 0 Å². The number of hydrogen-bond donors (Lipinski definition) is 0. The van der Waals surface area contributed by atoms with Gasteiger partial charge < -0.3 is 0 Å². The Morgan fingerprint density at radius 1 is 1.19 bits per heavy atom. The van der Waals surface area contributed by atoms with Gasteiger partial charge in [0.15, 0.2) is 0 Å². The number of fused-ring (bicyclic) bond motifs is 1. The lowest BCUT2D eigenvalue weighted by Crippen LogP contribution is -2.12. The molecule has 0 saturated carbocycles. The van der Waals surface area contributed by atoms with E-state index >= 15 is 0 Å². The summed E-state index contributed by atoms with van der Waals surface area (Å²) in [6.45, 7) is 4.23. The summed E-state index contributed by atoms with van der Waals surface area (Å²) in [5.74, 6) is 0. The third-order valence-electron chi connectivity index (χ3n) is 2.56. The monoisotopic (exact) mass is 230 g/mol. The molecular formula is C13H14N2S. The van der Waals surface area contributed by atoms with Gasteiger partial charge in [-0.3, -0.25) is 0 Å². The summed E-state index contributed by atoms with van der Waals surface area (Å²) in [6.07, 6.45) is 1.82. The van der Waals surface area contributed by atoms with Gasteiger partial charge in [0.2, 0.25) is 0 Å². The lowest BCUT2D eigenvalue weighted by Gasteiger charge is -2.19. The van der Waals surface area contributed by atoms with Crippen molar-refractivity contribution >= 4 is 22.7 Å². The molecule has 0 aliphatic carbocycles. The van der Waals surface area contributed by atoms with Crippen LogP contribution < -0.4 is 0 Å². The summed E-state index contributed by atoms with van der Waals surface area (Å²) >= 11 is 1.64. The van der Waals surface area contributed by atoms with E-state index in [1.54, 1.807) is 11.3 Å². The fraction of sp³-hybridized carbons (Fsp3) is 0.231. The van der Waals surface area contributed by atoms with Crippen LogP contribution in [-0.2, 0) is 0 Å². The Morgan fingerprint density at radius 2 is 2.00 bits per heavy atom. The van der Waals surface area contributed by atoms with Crippen LogP contribution in [0.2, 0.25) is 0 Å². The second-order valence-electron chi connectivity index (χ2n) is 3.77. The summed E-state index contributed by atoms with van der Waals surface area (Å²) in [5, 5.41) is 3.01. The van der Waals surface area contributed by atoms with Gasteiger partial charge in [0, 0.05) is 17.1 Å². The van der Waals surface area contributed by atoms with E-state index in [0.29, 0.717) is 0 Å². The molecule has 2 heterocycles. The normalized spacial score (nSPS) is 12.2. The first-order chi connectivity index (χ1) is 7.25. The maximum absolute atomic E-state index is 4.51. The molecule has 0 unspecified atom stereocenters. The van der Waals surface area contributed by atoms with Crippen molar-refractivity contribution in [3.8, 4) is 0 Å². The summed E-state index contributed by atoms with van der Waals surface area (Å²) in [5.41, 5.74) is 6.00. The Labute approximate surface area is 99.7 Å². The molecule has 2 aromatic rings. The molecule has 1 aromatic heterocycles. The number of thiazole rings is 1. The average Bonchev–Trinajstić information content (AvgIpc) is 2.61. The van der Waals surface area contributed by atoms with E-state index in [-0.39, 0.29) is 7.43 Å². The Balaban J connectivity index is 0.000000963. The van der Waals surface area contributed by atoms with Crippen molar-refractivity contribution in [2.75, 3.05) is 0 Å². The molecule has 3 heteroatoms. The van der Waals surface area contributed by atoms with Gasteiger partial charge >= 0.3 is 0 Å². The van der Waals surface area contributed by atoms with E-state index in [9.17, 15) is 0 Å². The van der Waals surface area contributed by atoms with Crippen molar-refractivity contribution in [1.82, 2.24) is 4.98 Å². The van der Waals surface area contributed by atoms with Crippen molar-refractivity contribution in [2.45, 2.75) is 21.3 Å². The maximum Gasteiger partial charge on any atom is 0.142 e. The number of aryl methyl sites for hydroxylation is 2. The Hall–Kier alpha value is -1.48. The van der Waals surface area contributed by atoms with Gasteiger partial charge in [-0.05, 0) is 31.0 Å². The molecule has 0 atom stereocenters. The second kappa shape index (κ2) is 3.83. The fourth-order valence-electron chi connectivity index (χ4n) is 1.96. The van der Waals surface area contributed by atoms with Crippen LogP contribution in [0.25, 0.3) is 0 Å². The van der Waals surface area contributed by atoms with Gasteiger partial charge in [-0.2, -0.15) is 0 Å². The zero-order valence-electron chi connectivity index (χ0n) is 8.61. The molecule has 0 bridgehead atoms. The first-order valence-electron chi connectivity index (χ1n) is 4.86. The van der Waals surface area contributed by atoms with E-state index in [0.717, 1.165) is 16.4 Å². The number of benzene rings is 1. The SMILES string of the molecule is C.Cc1cc(C)c2c(c1)N=C2c1nccs1. The fourth-order valence-corrected chi connectivity index (χ4v) is 2.59. The number of nitrogens with zero attached hydrogens (tertiary/aromatic N) is 2. The number of aliphatic imine (C=N–C) groups is 1. The zero-order valence-corrected chi connectivity index (χ0v) is 9.43. The maximum atomic E-state index is 4.51. The summed E-state index contributed by atoms with van der Waals surface area (Å²) in [7, 11) is 0. The molecule has 82 valence electrons. The standard InChI is InChI=1S/C12H10N2S.CH4/c1-7-5-8(2)10-9(6-7)14-11(10)12-13-3-4-15-12;/h3-6H,1-2H3;1H4. The minimum absolute atomic E-state index is 0. The van der Waals surface area contributed by atoms with Crippen LogP contribution in [0, 0.1) is 13.8 Å². The number of aromatic nitrogens is 1. The number of rotatable bonds is 1. The summed E-state index contributed by atoms with van der Waals surface area (Å²) in [4.78, 5) is 8.80. The van der Waals surface area contributed by atoms with E-state index in [4.69, 9.17) is 0 Å². The molecule has 0 saturated heterocycles. The zero-order chi connectivity index (χ0) is 10.4. The molecule has 16 heavy (non-hydrogen) atoms. The van der Waals surface area contributed by atoms with Gasteiger partial charge in [0.25, 0.3) is 0 Å². The second-order valence-corrected chi connectivity index (χ2v) is 4.67. The highest BCUT2D eigenvalue weighted by molar-refractivity contribution is 7.12. The van der Waals surface area contributed by atoms with Gasteiger partial charge in [-0.25, -0.2) is 9.98 Å². The molecule has 2 nitrogen and oxygen atoms in total. The highest BCUT2D eigenvalue weighted by Gasteiger charge is 2.24. The van der Waals surface area contributed by atoms with E-state index < -0.39 is 0 Å². The van der Waals surface area contributed by atoms with Crippen molar-refractivity contribution < 1.29 is 0 Å². The largest absolute Gasteiger partial charge is 0.244 e. The Kier molecular flexibility index (Phi) is 2.64. The van der Waals surface area contributed by atoms with E-state index in [1.807, 2.05) is 11.6 Å². The third-order valence-corrected chi connectivity index (χ3v) is 3.34. The lowest BCUT2D eigenvalue weighted by atomic mass is 9.95. The van der Waals surface area contributed by atoms with Crippen LogP contribution in [-0.4, -0.2) is 10.7 Å². The minimum Gasteiger partial charge on any atom is -0.244 e. The summed E-state index contributed by atoms with van der Waals surface area (Å²) in [6, 6.07) is 4.32. The predicted octanol–water partition coefficient (Wildman–Crippen LogP) is 3.88. The first kappa shape index (κ1) is 11.0. The molecule has 0 amide bonds. The molecule has 0 spiro atoms. The number of hydrogen-bond acceptors (Lipinski definition) is 3. The van der Waals surface area contributed by atoms with Crippen molar-refractivity contribution in [3.05, 3.63) is 45.4 Å². The summed E-state index contributed by atoms with van der Waals surface area (Å²) < 4.78 is 0. The predicted molar refractivity (Wildman–Crippen MR) is 70.1 cm³/mol. The Bertz CT molecular complexity index is 554. The van der Waals surface area contributed by atoms with Crippen LogP contribution in [0.4, 0.5) is 5.69 Å². The molecule has 1 aliphatic heterocycles. The molecule has 0 N–H and O–H groups in total. The van der Waals surface area contributed by atoms with Gasteiger partial charge in [-0.15, -0.1) is 11.3 Å². The first-order valence-corrected chi connectivity index (χ1v) is 5.74. The van der Waals surface area contributed by atoms with Crippen molar-refractivity contribution in [2.24, 2.45) is 4.99 Å². The van der Waals surface area contributed by atoms with Crippen molar-refractivity contribution in [3.63, 3.8) is 0 Å². The molecule has 1 aromatic carbocycles. The van der Waals surface area contributed by atoms with E-state index in [1.165, 1.54) is 16.7 Å². The van der Waals surface area contributed by atoms with Crippen LogP contribution in [0.3, 0.4) is 0 Å². The lowest BCUT2D eigenvalue weighted by molar-refractivity contribution is 1.27. The topological polar surface area (TPSA) is 25.2 Å². The molecular weight excluding hydrogens is 216 g/mol. The van der Waals surface area contributed by atoms with Gasteiger partial charge in [0.05, 0.1) is 5.69 Å². The highest BCUT2D eigenvalue weighted by Crippen LogP contribution is 2.36.